The van der Waals surface area contributed by atoms with Crippen LogP contribution in [-0.4, -0.2) is 15.0 Å². The van der Waals surface area contributed by atoms with Crippen molar-refractivity contribution >= 4 is 0 Å². The zero-order chi connectivity index (χ0) is 7.07. The van der Waals surface area contributed by atoms with Gasteiger partial charge in [0.2, 0.25) is 6.33 Å². The molecule has 65 valence electrons. The largest absolute Gasteiger partial charge is 3.00 e. The molecule has 0 saturated heterocycles. The quantitative estimate of drug-likeness (QED) is 0.502. The molecular formula is C6H9ClN4Ru+3. The van der Waals surface area contributed by atoms with E-state index < -0.39 is 0 Å². The Kier molecular flexibility index (Phi) is 12.0. The van der Waals surface area contributed by atoms with Crippen molar-refractivity contribution in [3.05, 3.63) is 37.4 Å². The maximum atomic E-state index is 3.67. The van der Waals surface area contributed by atoms with Gasteiger partial charge in [-0.3, -0.25) is 9.97 Å². The molecule has 0 amide bonds. The number of aromatic nitrogens is 4. The number of halogens is 1. The van der Waals surface area contributed by atoms with Gasteiger partial charge in [0.05, 0.1) is 6.33 Å². The van der Waals surface area contributed by atoms with Crippen LogP contribution in [0.25, 0.3) is 0 Å². The Morgan fingerprint density at radius 2 is 2.00 bits per heavy atom. The Morgan fingerprint density at radius 3 is 2.17 bits per heavy atom. The van der Waals surface area contributed by atoms with Crippen LogP contribution in [0.15, 0.2) is 37.4 Å². The van der Waals surface area contributed by atoms with Crippen LogP contribution in [0.4, 0.5) is 0 Å². The third kappa shape index (κ3) is 7.44. The van der Waals surface area contributed by atoms with Crippen molar-refractivity contribution in [1.29, 1.82) is 0 Å². The number of hydrogen-bond donors (Lipinski definition) is 2. The number of H-pyrrole nitrogens is 3. The van der Waals surface area contributed by atoms with Crippen molar-refractivity contribution in [3.63, 3.8) is 0 Å². The summed E-state index contributed by atoms with van der Waals surface area (Å²) < 4.78 is 0. The molecule has 2 aromatic rings. The van der Waals surface area contributed by atoms with Crippen LogP contribution in [0.5, 0.6) is 0 Å². The number of nitrogens with one attached hydrogen (secondary N) is 3. The van der Waals surface area contributed by atoms with E-state index >= 15 is 0 Å². The van der Waals surface area contributed by atoms with E-state index in [4.69, 9.17) is 0 Å². The molecule has 4 nitrogen and oxygen atoms in total. The SMILES string of the molecule is [Cl-].[Ru+3].c1c[nH+]c[nH]1.c1c[nH]cn1. The summed E-state index contributed by atoms with van der Waals surface area (Å²) in [5, 5.41) is 0. The number of rotatable bonds is 0. The van der Waals surface area contributed by atoms with Crippen LogP contribution >= 0.6 is 0 Å². The number of nitrogens with zero attached hydrogens (tertiary/aromatic N) is 1. The van der Waals surface area contributed by atoms with Gasteiger partial charge in [0.1, 0.15) is 12.4 Å². The molecule has 12 heavy (non-hydrogen) atoms. The molecule has 0 aliphatic rings. The predicted octanol–water partition coefficient (Wildman–Crippen LogP) is -2.76. The van der Waals surface area contributed by atoms with Gasteiger partial charge in [-0.25, -0.2) is 4.98 Å². The molecule has 2 aromatic heterocycles. The summed E-state index contributed by atoms with van der Waals surface area (Å²) in [6.07, 6.45) is 10.5. The monoisotopic (exact) mass is 274 g/mol. The van der Waals surface area contributed by atoms with Gasteiger partial charge >= 0.3 is 19.5 Å². The van der Waals surface area contributed by atoms with Crippen LogP contribution in [0, 0.1) is 0 Å². The minimum atomic E-state index is 0. The van der Waals surface area contributed by atoms with Crippen LogP contribution in [0.3, 0.4) is 0 Å². The minimum absolute atomic E-state index is 0. The number of hydrogen-bond acceptors (Lipinski definition) is 1. The van der Waals surface area contributed by atoms with Gasteiger partial charge in [-0.2, -0.15) is 0 Å². The molecule has 2 rings (SSSR count). The van der Waals surface area contributed by atoms with Crippen LogP contribution in [-0.2, 0) is 19.5 Å². The van der Waals surface area contributed by atoms with E-state index in [1.165, 1.54) is 0 Å². The first-order chi connectivity index (χ1) is 5.00. The zero-order valence-electron chi connectivity index (χ0n) is 6.14. The summed E-state index contributed by atoms with van der Waals surface area (Å²) in [6, 6.07) is 0. The average molecular weight is 274 g/mol. The molecule has 0 unspecified atom stereocenters. The molecule has 0 aliphatic carbocycles. The second-order valence-electron chi connectivity index (χ2n) is 1.57. The first kappa shape index (κ1) is 13.9. The Morgan fingerprint density at radius 1 is 1.17 bits per heavy atom. The second-order valence-corrected chi connectivity index (χ2v) is 1.57. The van der Waals surface area contributed by atoms with Crippen molar-refractivity contribution in [1.82, 2.24) is 15.0 Å². The Hall–Kier alpha value is -0.667. The molecule has 6 heteroatoms. The van der Waals surface area contributed by atoms with Gasteiger partial charge in [0.25, 0.3) is 0 Å². The molecule has 1 radical (unpaired) electrons. The third-order valence-corrected chi connectivity index (χ3v) is 0.848. The Bertz CT molecular complexity index is 159. The van der Waals surface area contributed by atoms with Crippen molar-refractivity contribution in [2.75, 3.05) is 0 Å². The fourth-order valence-corrected chi connectivity index (χ4v) is 0.456. The fraction of sp³-hybridized carbons (Fsp3) is 0. The van der Waals surface area contributed by atoms with Gasteiger partial charge in [-0.05, 0) is 0 Å². The summed E-state index contributed by atoms with van der Waals surface area (Å²) >= 11 is 0. The third-order valence-electron chi connectivity index (χ3n) is 0.848. The summed E-state index contributed by atoms with van der Waals surface area (Å²) in [4.78, 5) is 12.0. The fourth-order valence-electron chi connectivity index (χ4n) is 0.456. The Balaban J connectivity index is 0. The number of aromatic amines is 3. The van der Waals surface area contributed by atoms with Crippen molar-refractivity contribution in [3.8, 4) is 0 Å². The van der Waals surface area contributed by atoms with E-state index in [-0.39, 0.29) is 31.9 Å². The van der Waals surface area contributed by atoms with Gasteiger partial charge in [-0.1, -0.05) is 0 Å². The van der Waals surface area contributed by atoms with Crippen LogP contribution in [0.1, 0.15) is 0 Å². The molecule has 0 atom stereocenters. The average Bonchev–Trinajstić information content (AvgIpc) is 2.67. The van der Waals surface area contributed by atoms with Gasteiger partial charge in [0.15, 0.2) is 0 Å². The standard InChI is InChI=1S/2C3H4N2.ClH.Ru/c2*1-2-5-3-4-1;;/h2*1-3H,(H,4,5);1H;/q;;;+3. The molecular weight excluding hydrogens is 265 g/mol. The van der Waals surface area contributed by atoms with Crippen LogP contribution in [0.2, 0.25) is 0 Å². The summed E-state index contributed by atoms with van der Waals surface area (Å²) in [6.45, 7) is 0. The molecule has 0 aromatic carbocycles. The van der Waals surface area contributed by atoms with Gasteiger partial charge in [-0.15, -0.1) is 0 Å². The molecule has 0 bridgehead atoms. The van der Waals surface area contributed by atoms with E-state index in [0.29, 0.717) is 0 Å². The van der Waals surface area contributed by atoms with Gasteiger partial charge in [0, 0.05) is 12.4 Å². The molecule has 0 aliphatic heterocycles. The minimum Gasteiger partial charge on any atom is -1.00 e. The van der Waals surface area contributed by atoms with Crippen molar-refractivity contribution < 1.29 is 36.9 Å². The first-order valence-corrected chi connectivity index (χ1v) is 2.92. The van der Waals surface area contributed by atoms with E-state index in [1.807, 2.05) is 12.4 Å². The van der Waals surface area contributed by atoms with E-state index in [1.54, 1.807) is 25.0 Å². The van der Waals surface area contributed by atoms with Crippen molar-refractivity contribution in [2.45, 2.75) is 0 Å². The topological polar surface area (TPSA) is 58.6 Å². The molecule has 0 fully saturated rings. The maximum Gasteiger partial charge on any atom is 3.00 e. The summed E-state index contributed by atoms with van der Waals surface area (Å²) in [5.74, 6) is 0. The van der Waals surface area contributed by atoms with Crippen molar-refractivity contribution in [2.24, 2.45) is 0 Å². The first-order valence-electron chi connectivity index (χ1n) is 2.92. The second kappa shape index (κ2) is 10.3. The molecule has 0 saturated carbocycles. The predicted molar refractivity (Wildman–Crippen MR) is 35.9 cm³/mol. The molecule has 3 N–H and O–H groups in total. The normalized spacial score (nSPS) is 6.67. The smallest absolute Gasteiger partial charge is 1.00 e. The summed E-state index contributed by atoms with van der Waals surface area (Å²) in [7, 11) is 0. The van der Waals surface area contributed by atoms with E-state index in [9.17, 15) is 0 Å². The Labute approximate surface area is 89.4 Å². The molecule has 0 spiro atoms. The summed E-state index contributed by atoms with van der Waals surface area (Å²) in [5.41, 5.74) is 0. The number of imidazole rings is 2. The maximum absolute atomic E-state index is 3.67. The van der Waals surface area contributed by atoms with E-state index in [2.05, 4.69) is 19.9 Å². The molecule has 2 heterocycles. The van der Waals surface area contributed by atoms with E-state index in [0.717, 1.165) is 0 Å². The van der Waals surface area contributed by atoms with Gasteiger partial charge < -0.3 is 17.4 Å². The zero-order valence-corrected chi connectivity index (χ0v) is 8.64. The van der Waals surface area contributed by atoms with Crippen LogP contribution < -0.4 is 17.4 Å².